The summed E-state index contributed by atoms with van der Waals surface area (Å²) < 4.78 is 9.93. The lowest BCUT2D eigenvalue weighted by molar-refractivity contribution is -0.148. The number of rotatable bonds is 1. The molecule has 1 aliphatic rings. The highest BCUT2D eigenvalue weighted by atomic mass is 16.6. The van der Waals surface area contributed by atoms with E-state index in [0.717, 1.165) is 11.0 Å². The molecule has 0 saturated carbocycles. The van der Waals surface area contributed by atoms with E-state index >= 15 is 0 Å². The molecular formula is C9H9BO3. The van der Waals surface area contributed by atoms with Gasteiger partial charge in [0.05, 0.1) is 7.11 Å². The zero-order valence-corrected chi connectivity index (χ0v) is 7.32. The number of esters is 1. The van der Waals surface area contributed by atoms with Gasteiger partial charge in [-0.1, -0.05) is 24.3 Å². The van der Waals surface area contributed by atoms with Gasteiger partial charge < -0.3 is 9.39 Å². The maximum atomic E-state index is 11.2. The van der Waals surface area contributed by atoms with Gasteiger partial charge >= 0.3 is 13.5 Å². The lowest BCUT2D eigenvalue weighted by atomic mass is 9.87. The Labute approximate surface area is 76.9 Å². The van der Waals surface area contributed by atoms with Crippen molar-refractivity contribution in [3.05, 3.63) is 29.8 Å². The van der Waals surface area contributed by atoms with Crippen LogP contribution in [0.5, 0.6) is 0 Å². The lowest BCUT2D eigenvalue weighted by Gasteiger charge is -2.08. The summed E-state index contributed by atoms with van der Waals surface area (Å²) in [6.07, 6.45) is -0.527. The summed E-state index contributed by atoms with van der Waals surface area (Å²) in [6, 6.07) is 7.67. The second kappa shape index (κ2) is 3.22. The van der Waals surface area contributed by atoms with Crippen LogP contribution in [0.3, 0.4) is 0 Å². The molecule has 4 heteroatoms. The molecule has 1 heterocycles. The van der Waals surface area contributed by atoms with Gasteiger partial charge in [0, 0.05) is 0 Å². The van der Waals surface area contributed by atoms with Crippen LogP contribution in [0.1, 0.15) is 11.7 Å². The van der Waals surface area contributed by atoms with E-state index in [9.17, 15) is 4.79 Å². The normalized spacial score (nSPS) is 19.0. The van der Waals surface area contributed by atoms with E-state index in [2.05, 4.69) is 4.74 Å². The van der Waals surface area contributed by atoms with Crippen molar-refractivity contribution in [3.8, 4) is 0 Å². The quantitative estimate of drug-likeness (QED) is 0.443. The van der Waals surface area contributed by atoms with E-state index in [4.69, 9.17) is 4.65 Å². The molecule has 1 atom stereocenters. The van der Waals surface area contributed by atoms with Gasteiger partial charge in [0.1, 0.15) is 0 Å². The van der Waals surface area contributed by atoms with E-state index in [-0.39, 0.29) is 5.97 Å². The summed E-state index contributed by atoms with van der Waals surface area (Å²) in [4.78, 5) is 11.2. The van der Waals surface area contributed by atoms with Crippen molar-refractivity contribution in [1.29, 1.82) is 0 Å². The Bertz CT molecular complexity index is 337. The highest BCUT2D eigenvalue weighted by molar-refractivity contribution is 6.49. The van der Waals surface area contributed by atoms with Crippen LogP contribution in [-0.4, -0.2) is 20.6 Å². The molecule has 1 aromatic rings. The van der Waals surface area contributed by atoms with Crippen LogP contribution < -0.4 is 5.46 Å². The molecule has 0 radical (unpaired) electrons. The molecule has 13 heavy (non-hydrogen) atoms. The molecule has 0 amide bonds. The fourth-order valence-corrected chi connectivity index (χ4v) is 1.49. The second-order valence-electron chi connectivity index (χ2n) is 2.91. The fourth-order valence-electron chi connectivity index (χ4n) is 1.49. The van der Waals surface area contributed by atoms with Gasteiger partial charge in [-0.2, -0.15) is 0 Å². The van der Waals surface area contributed by atoms with E-state index in [0.29, 0.717) is 7.48 Å². The molecule has 0 saturated heterocycles. The SMILES string of the molecule is COC(=O)C1OBc2ccccc21. The smallest absolute Gasteiger partial charge is 0.338 e. The monoisotopic (exact) mass is 176 g/mol. The first-order chi connectivity index (χ1) is 6.33. The molecule has 0 bridgehead atoms. The number of hydrogen-bond donors (Lipinski definition) is 0. The molecular weight excluding hydrogens is 167 g/mol. The van der Waals surface area contributed by atoms with Crippen molar-refractivity contribution in [2.45, 2.75) is 6.10 Å². The summed E-state index contributed by atoms with van der Waals surface area (Å²) in [5.41, 5.74) is 1.99. The molecule has 66 valence electrons. The Morgan fingerprint density at radius 1 is 1.54 bits per heavy atom. The predicted octanol–water partition coefficient (Wildman–Crippen LogP) is -0.0923. The molecule has 0 spiro atoms. The minimum atomic E-state index is -0.527. The minimum Gasteiger partial charge on any atom is -0.467 e. The van der Waals surface area contributed by atoms with Gasteiger partial charge in [-0.3, -0.25) is 0 Å². The van der Waals surface area contributed by atoms with Gasteiger partial charge in [-0.05, 0) is 11.0 Å². The molecule has 0 aliphatic carbocycles. The standard InChI is InChI=1S/C9H9BO3/c1-12-9(11)8-6-4-2-3-5-7(6)10-13-8/h2-5,8,10H,1H3. The molecule has 1 aliphatic heterocycles. The average molecular weight is 176 g/mol. The first kappa shape index (κ1) is 8.32. The Morgan fingerprint density at radius 3 is 3.08 bits per heavy atom. The number of carbonyl (C=O) groups excluding carboxylic acids is 1. The van der Waals surface area contributed by atoms with Crippen molar-refractivity contribution < 1.29 is 14.2 Å². The molecule has 3 nitrogen and oxygen atoms in total. The van der Waals surface area contributed by atoms with Crippen molar-refractivity contribution in [3.63, 3.8) is 0 Å². The Kier molecular flexibility index (Phi) is 2.06. The van der Waals surface area contributed by atoms with Gasteiger partial charge in [0.2, 0.25) is 0 Å². The third kappa shape index (κ3) is 1.33. The van der Waals surface area contributed by atoms with Crippen LogP contribution in [0, 0.1) is 0 Å². The van der Waals surface area contributed by atoms with Crippen molar-refractivity contribution >= 4 is 18.9 Å². The zero-order chi connectivity index (χ0) is 9.26. The highest BCUT2D eigenvalue weighted by Crippen LogP contribution is 2.21. The maximum Gasteiger partial charge on any atom is 0.338 e. The molecule has 1 unspecified atom stereocenters. The number of hydrogen-bond acceptors (Lipinski definition) is 3. The van der Waals surface area contributed by atoms with Crippen LogP contribution in [0.25, 0.3) is 0 Å². The number of benzene rings is 1. The van der Waals surface area contributed by atoms with E-state index in [1.54, 1.807) is 0 Å². The molecule has 2 rings (SSSR count). The van der Waals surface area contributed by atoms with Gasteiger partial charge in [-0.15, -0.1) is 0 Å². The van der Waals surface area contributed by atoms with E-state index in [1.807, 2.05) is 24.3 Å². The van der Waals surface area contributed by atoms with Crippen molar-refractivity contribution in [2.24, 2.45) is 0 Å². The van der Waals surface area contributed by atoms with Crippen LogP contribution in [0.2, 0.25) is 0 Å². The van der Waals surface area contributed by atoms with Gasteiger partial charge in [-0.25, -0.2) is 4.79 Å². The summed E-state index contributed by atoms with van der Waals surface area (Å²) >= 11 is 0. The van der Waals surface area contributed by atoms with Crippen LogP contribution in [0.4, 0.5) is 0 Å². The highest BCUT2D eigenvalue weighted by Gasteiger charge is 2.30. The summed E-state index contributed by atoms with van der Waals surface area (Å²) in [5, 5.41) is 0. The first-order valence-electron chi connectivity index (χ1n) is 4.10. The predicted molar refractivity (Wildman–Crippen MR) is 49.1 cm³/mol. The van der Waals surface area contributed by atoms with E-state index in [1.165, 1.54) is 7.11 Å². The van der Waals surface area contributed by atoms with Crippen LogP contribution in [0.15, 0.2) is 24.3 Å². The Hall–Kier alpha value is -1.29. The second-order valence-corrected chi connectivity index (χ2v) is 2.91. The largest absolute Gasteiger partial charge is 0.467 e. The van der Waals surface area contributed by atoms with Crippen molar-refractivity contribution in [2.75, 3.05) is 7.11 Å². The van der Waals surface area contributed by atoms with Crippen molar-refractivity contribution in [1.82, 2.24) is 0 Å². The van der Waals surface area contributed by atoms with Gasteiger partial charge in [0.25, 0.3) is 0 Å². The third-order valence-electron chi connectivity index (χ3n) is 2.16. The number of ether oxygens (including phenoxy) is 1. The number of methoxy groups -OCH3 is 1. The summed E-state index contributed by atoms with van der Waals surface area (Å²) in [7, 11) is 1.86. The topological polar surface area (TPSA) is 35.5 Å². The van der Waals surface area contributed by atoms with Gasteiger partial charge in [0.15, 0.2) is 6.10 Å². The Balaban J connectivity index is 2.33. The molecule has 0 aromatic heterocycles. The summed E-state index contributed by atoms with van der Waals surface area (Å²) in [6.45, 7) is 0. The minimum absolute atomic E-state index is 0.329. The summed E-state index contributed by atoms with van der Waals surface area (Å²) in [5.74, 6) is -0.329. The first-order valence-corrected chi connectivity index (χ1v) is 4.10. The molecule has 0 N–H and O–H groups in total. The fraction of sp³-hybridized carbons (Fsp3) is 0.222. The maximum absolute atomic E-state index is 11.2. The molecule has 0 fully saturated rings. The van der Waals surface area contributed by atoms with Crippen LogP contribution >= 0.6 is 0 Å². The average Bonchev–Trinajstić information content (AvgIpc) is 2.60. The van der Waals surface area contributed by atoms with Crippen LogP contribution in [-0.2, 0) is 14.2 Å². The number of fused-ring (bicyclic) bond motifs is 1. The van der Waals surface area contributed by atoms with E-state index < -0.39 is 6.10 Å². The number of carbonyl (C=O) groups is 1. The molecule has 1 aromatic carbocycles. The third-order valence-corrected chi connectivity index (χ3v) is 2.16. The Morgan fingerprint density at radius 2 is 2.31 bits per heavy atom. The zero-order valence-electron chi connectivity index (χ0n) is 7.32. The lowest BCUT2D eigenvalue weighted by Crippen LogP contribution is -2.13.